The van der Waals surface area contributed by atoms with Crippen molar-refractivity contribution in [1.29, 1.82) is 0 Å². The quantitative estimate of drug-likeness (QED) is 0.143. The number of ether oxygens (including phenoxy) is 5. The van der Waals surface area contributed by atoms with Crippen molar-refractivity contribution in [2.24, 2.45) is 0 Å². The number of halogens is 5. The third-order valence-electron chi connectivity index (χ3n) is 9.30. The summed E-state index contributed by atoms with van der Waals surface area (Å²) in [4.78, 5) is 18.5. The van der Waals surface area contributed by atoms with Gasteiger partial charge in [0.15, 0.2) is 8.32 Å². The number of hydrogen-bond donors (Lipinski definition) is 0. The molecule has 7 atom stereocenters. The predicted octanol–water partition coefficient (Wildman–Crippen LogP) is 9.38. The van der Waals surface area contributed by atoms with Gasteiger partial charge in [0.25, 0.3) is 6.48 Å². The summed E-state index contributed by atoms with van der Waals surface area (Å²) in [6.07, 6.45) is 0.986. The van der Waals surface area contributed by atoms with Crippen LogP contribution in [0.4, 0.5) is 0 Å². The Morgan fingerprint density at radius 1 is 0.660 bits per heavy atom. The van der Waals surface area contributed by atoms with E-state index in [1.54, 1.807) is 12.4 Å². The molecule has 4 aromatic rings. The van der Waals surface area contributed by atoms with Gasteiger partial charge >= 0.3 is 74.6 Å². The van der Waals surface area contributed by atoms with Crippen LogP contribution in [0, 0.1) is 0 Å². The number of aromatic nitrogens is 4. The van der Waals surface area contributed by atoms with E-state index in [0.717, 1.165) is 34.2 Å². The summed E-state index contributed by atoms with van der Waals surface area (Å²) < 4.78 is 39.1. The molecule has 7 heterocycles. The number of hydrogen-bond acceptors (Lipinski definition) is 10. The van der Waals surface area contributed by atoms with Crippen LogP contribution < -0.4 is 0 Å². The molecule has 0 amide bonds. The molecule has 4 aliphatic rings. The maximum atomic E-state index is 7.02. The van der Waals surface area contributed by atoms with Crippen LogP contribution in [-0.2, 0) is 65.4 Å². The molecule has 0 N–H and O–H groups in total. The van der Waals surface area contributed by atoms with Gasteiger partial charge in [0.1, 0.15) is 36.6 Å². The molecule has 0 spiro atoms. The van der Waals surface area contributed by atoms with Gasteiger partial charge in [0, 0.05) is 12.4 Å². The van der Waals surface area contributed by atoms with E-state index >= 15 is 0 Å². The van der Waals surface area contributed by atoms with E-state index < -0.39 is 50.6 Å². The van der Waals surface area contributed by atoms with Crippen molar-refractivity contribution in [3.63, 3.8) is 0 Å². The van der Waals surface area contributed by atoms with Crippen LogP contribution in [0.3, 0.4) is 0 Å². The summed E-state index contributed by atoms with van der Waals surface area (Å²) in [5.74, 6) is 0. The van der Waals surface area contributed by atoms with E-state index in [4.69, 9.17) is 88.6 Å². The summed E-state index contributed by atoms with van der Waals surface area (Å²) >= 11 is -1.06. The zero-order chi connectivity index (χ0) is 38.2. The minimum atomic E-state index is -2.24. The van der Waals surface area contributed by atoms with Crippen LogP contribution in [0.5, 0.6) is 0 Å². The van der Waals surface area contributed by atoms with Crippen molar-refractivity contribution in [2.45, 2.75) is 95.2 Å². The Labute approximate surface area is 342 Å². The molecule has 4 aromatic heterocycles. The Bertz CT molecular complexity index is 1630. The second kappa shape index (κ2) is 20.0. The summed E-state index contributed by atoms with van der Waals surface area (Å²) in [6.45, 7) is 10.9. The maximum absolute atomic E-state index is 7.02. The Morgan fingerprint density at radius 2 is 1.06 bits per heavy atom. The van der Waals surface area contributed by atoms with Crippen LogP contribution >= 0.6 is 50.5 Å². The van der Waals surface area contributed by atoms with Crippen LogP contribution in [0.2, 0.25) is 18.1 Å². The summed E-state index contributed by atoms with van der Waals surface area (Å²) in [6, 6.07) is 23.3. The third-order valence-corrected chi connectivity index (χ3v) is 13.8. The van der Waals surface area contributed by atoms with Gasteiger partial charge in [-0.15, -0.1) is 0 Å². The van der Waals surface area contributed by atoms with E-state index in [9.17, 15) is 0 Å². The molecule has 3 unspecified atom stereocenters. The van der Waals surface area contributed by atoms with Gasteiger partial charge in [-0.1, -0.05) is 45.0 Å². The zero-order valence-electron chi connectivity index (χ0n) is 29.4. The monoisotopic (exact) mass is 925 g/mol. The molecule has 3 saturated heterocycles. The second-order valence-corrected chi connectivity index (χ2v) is 26.4. The average Bonchev–Trinajstić information content (AvgIpc) is 3.13. The van der Waals surface area contributed by atoms with Crippen LogP contribution in [0.1, 0.15) is 32.2 Å². The van der Waals surface area contributed by atoms with Gasteiger partial charge in [-0.05, 0) is 66.7 Å². The van der Waals surface area contributed by atoms with Gasteiger partial charge in [-0.3, -0.25) is 9.97 Å². The molecule has 10 nitrogen and oxygen atoms in total. The van der Waals surface area contributed by atoms with Gasteiger partial charge in [0.05, 0.1) is 47.4 Å². The van der Waals surface area contributed by atoms with Crippen LogP contribution in [0.15, 0.2) is 85.2 Å². The van der Waals surface area contributed by atoms with Gasteiger partial charge in [-0.2, -0.15) is 0 Å². The fourth-order valence-electron chi connectivity index (χ4n) is 5.89. The normalized spacial score (nSPS) is 24.7. The minimum absolute atomic E-state index is 0.0173. The third kappa shape index (κ3) is 11.6. The molecule has 1 aliphatic carbocycles. The van der Waals surface area contributed by atoms with Crippen LogP contribution in [0.25, 0.3) is 22.8 Å². The van der Waals surface area contributed by atoms with E-state index in [-0.39, 0.29) is 30.5 Å². The Hall–Kier alpha value is -0.947. The standard InChI is InChI=1S/C35H40N4O6Si.5ClH.Cr.Ni/c1-35(2,3)46(4,5)45-33-31-28(40-20-22-12-10-16-26(38-22)24-14-6-8-18-36-24)30-29(32(33)44-34(42-30)43-31)41-21-23-13-11-17-27(39-23)25-15-7-9-19-37-25;;;;;;;/h6-19,28-34H,20-21H2,1-5H3;5*1H;;/q;;;;;;+3;+2/p-5/t28-,29+,30?,31+,32-,33?,34?;;;;;;;. The van der Waals surface area contributed by atoms with E-state index in [1.807, 2.05) is 72.8 Å². The van der Waals surface area contributed by atoms with Crippen molar-refractivity contribution in [3.05, 3.63) is 96.6 Å². The molecule has 1 saturated carbocycles. The Kier molecular flexibility index (Phi) is 16.3. The summed E-state index contributed by atoms with van der Waals surface area (Å²) in [7, 11) is 22.0. The van der Waals surface area contributed by atoms with E-state index in [1.165, 1.54) is 0 Å². The van der Waals surface area contributed by atoms with Crippen molar-refractivity contribution >= 4 is 58.9 Å². The molecule has 3 aliphatic heterocycles. The van der Waals surface area contributed by atoms with E-state index in [0.29, 0.717) is 12.7 Å². The van der Waals surface area contributed by atoms with Gasteiger partial charge in [0.2, 0.25) is 0 Å². The molecule has 4 bridgehead atoms. The molecule has 8 rings (SSSR count). The van der Waals surface area contributed by atoms with Crippen molar-refractivity contribution < 1.29 is 52.1 Å². The molecule has 4 fully saturated rings. The molecular weight excluding hydrogens is 888 g/mol. The summed E-state index contributed by atoms with van der Waals surface area (Å²) in [5.41, 5.74) is 4.74. The first-order valence-electron chi connectivity index (χ1n) is 16.5. The predicted molar refractivity (Wildman–Crippen MR) is 202 cm³/mol. The van der Waals surface area contributed by atoms with Crippen molar-refractivity contribution in [2.75, 3.05) is 0 Å². The van der Waals surface area contributed by atoms with Crippen LogP contribution in [-0.4, -0.2) is 71.4 Å². The molecule has 291 valence electrons. The molecule has 53 heavy (non-hydrogen) atoms. The fourth-order valence-corrected chi connectivity index (χ4v) is 7.20. The molecule has 0 radical (unpaired) electrons. The van der Waals surface area contributed by atoms with E-state index in [2.05, 4.69) is 43.8 Å². The van der Waals surface area contributed by atoms with Gasteiger partial charge < -0.3 is 28.1 Å². The fraction of sp³-hybridized carbons (Fsp3) is 0.429. The second-order valence-electron chi connectivity index (χ2n) is 13.7. The molecular formula is C35H40Cl5CrN4NiO6Si. The first kappa shape index (κ1) is 43.2. The summed E-state index contributed by atoms with van der Waals surface area (Å²) in [5, 5.41) is -0.0173. The molecule has 0 aromatic carbocycles. The number of pyridine rings is 4. The first-order valence-corrected chi connectivity index (χ1v) is 27.4. The first-order chi connectivity index (χ1) is 25.3. The van der Waals surface area contributed by atoms with Crippen molar-refractivity contribution in [3.8, 4) is 22.8 Å². The Morgan fingerprint density at radius 3 is 1.43 bits per heavy atom. The Balaban J connectivity index is 0.000000715. The van der Waals surface area contributed by atoms with Gasteiger partial charge in [-0.25, -0.2) is 9.97 Å². The van der Waals surface area contributed by atoms with Crippen molar-refractivity contribution in [1.82, 2.24) is 19.9 Å². The molecule has 18 heteroatoms. The SMILES string of the molecule is CC(C)(C)[Si](C)(C)OC1[C@H]2OC3OC([C@H]2OCc2cccc(-c4ccccn4)n2)[C@H](OCc2cccc(-c4ccccn4)n2)[C@H]1O3.[Cl][Cr]([Cl])[Cl].[Cl][Ni][Cl]. The number of rotatable bonds is 10. The topological polar surface area (TPSA) is 107 Å². The zero-order valence-corrected chi connectivity index (χ0v) is 36.4. The average molecular weight is 929 g/mol. The number of nitrogens with zero attached hydrogens (tertiary/aromatic N) is 4.